The molecular formula is C17H16FN3O5S. The molecule has 2 aromatic heterocycles. The average Bonchev–Trinajstić information content (AvgIpc) is 3.18. The van der Waals surface area contributed by atoms with Gasteiger partial charge in [-0.1, -0.05) is 0 Å². The van der Waals surface area contributed by atoms with Crippen molar-refractivity contribution in [2.45, 2.75) is 11.4 Å². The molecule has 0 saturated carbocycles. The Bertz CT molecular complexity index is 1090. The largest absolute Gasteiger partial charge is 0.494 e. The van der Waals surface area contributed by atoms with Crippen molar-refractivity contribution in [1.82, 2.24) is 14.5 Å². The summed E-state index contributed by atoms with van der Waals surface area (Å²) in [6.45, 7) is -0.115. The lowest BCUT2D eigenvalue weighted by atomic mass is 10.3. The van der Waals surface area contributed by atoms with Gasteiger partial charge in [0, 0.05) is 12.6 Å². The van der Waals surface area contributed by atoms with Crippen molar-refractivity contribution in [2.24, 2.45) is 0 Å². The van der Waals surface area contributed by atoms with E-state index in [2.05, 4.69) is 9.82 Å². The Kier molecular flexibility index (Phi) is 5.38. The molecule has 0 aliphatic heterocycles. The Hall–Kier alpha value is -2.98. The van der Waals surface area contributed by atoms with Crippen LogP contribution in [0.4, 0.5) is 4.39 Å². The van der Waals surface area contributed by atoms with Crippen LogP contribution in [0, 0.1) is 5.82 Å². The fraction of sp³-hybridized carbons (Fsp3) is 0.176. The first kappa shape index (κ1) is 18.8. The number of benzene rings is 1. The van der Waals surface area contributed by atoms with Gasteiger partial charge < -0.3 is 9.15 Å². The molecule has 0 fully saturated rings. The van der Waals surface area contributed by atoms with Crippen molar-refractivity contribution in [1.29, 1.82) is 0 Å². The number of furan rings is 1. The quantitative estimate of drug-likeness (QED) is 0.654. The first-order chi connectivity index (χ1) is 12.9. The Morgan fingerprint density at radius 1 is 1.26 bits per heavy atom. The molecule has 8 nitrogen and oxygen atoms in total. The lowest BCUT2D eigenvalue weighted by molar-refractivity contribution is 0.385. The highest BCUT2D eigenvalue weighted by atomic mass is 32.2. The summed E-state index contributed by atoms with van der Waals surface area (Å²) < 4.78 is 51.7. The standard InChI is InChI=1S/C17H16FN3O5S/c1-25-15-6-4-12(11-13(15)18)27(23,24)19-8-9-21-17(22)7-5-14(20-21)16-3-2-10-26-16/h2-7,10-11,19H,8-9H2,1H3. The van der Waals surface area contributed by atoms with Crippen LogP contribution in [0.15, 0.2) is 62.8 Å². The molecule has 1 aromatic carbocycles. The van der Waals surface area contributed by atoms with E-state index < -0.39 is 15.8 Å². The Morgan fingerprint density at radius 2 is 2.07 bits per heavy atom. The summed E-state index contributed by atoms with van der Waals surface area (Å²) in [6.07, 6.45) is 1.48. The van der Waals surface area contributed by atoms with Gasteiger partial charge in [0.25, 0.3) is 5.56 Å². The minimum absolute atomic E-state index is 0.00868. The molecule has 3 rings (SSSR count). The van der Waals surface area contributed by atoms with Crippen LogP contribution in [0.2, 0.25) is 0 Å². The number of sulfonamides is 1. The lowest BCUT2D eigenvalue weighted by Crippen LogP contribution is -2.32. The Balaban J connectivity index is 1.71. The number of rotatable bonds is 7. The van der Waals surface area contributed by atoms with Gasteiger partial charge in [-0.25, -0.2) is 22.2 Å². The van der Waals surface area contributed by atoms with E-state index in [1.165, 1.54) is 37.6 Å². The maximum atomic E-state index is 13.7. The maximum absolute atomic E-state index is 13.7. The first-order valence-electron chi connectivity index (χ1n) is 7.86. The van der Waals surface area contributed by atoms with E-state index in [4.69, 9.17) is 9.15 Å². The fourth-order valence-electron chi connectivity index (χ4n) is 2.35. The van der Waals surface area contributed by atoms with Gasteiger partial charge in [0.05, 0.1) is 24.8 Å². The maximum Gasteiger partial charge on any atom is 0.266 e. The van der Waals surface area contributed by atoms with Crippen LogP contribution in [-0.4, -0.2) is 31.9 Å². The normalized spacial score (nSPS) is 11.5. The highest BCUT2D eigenvalue weighted by Gasteiger charge is 2.16. The minimum Gasteiger partial charge on any atom is -0.494 e. The van der Waals surface area contributed by atoms with Gasteiger partial charge in [0.2, 0.25) is 10.0 Å². The van der Waals surface area contributed by atoms with E-state index in [-0.39, 0.29) is 29.3 Å². The van der Waals surface area contributed by atoms with E-state index in [9.17, 15) is 17.6 Å². The zero-order valence-corrected chi connectivity index (χ0v) is 15.1. The lowest BCUT2D eigenvalue weighted by Gasteiger charge is -2.09. The van der Waals surface area contributed by atoms with Crippen LogP contribution in [-0.2, 0) is 16.6 Å². The predicted molar refractivity (Wildman–Crippen MR) is 94.3 cm³/mol. The summed E-state index contributed by atoms with van der Waals surface area (Å²) in [5, 5.41) is 4.14. The molecule has 0 unspecified atom stereocenters. The van der Waals surface area contributed by atoms with Crippen molar-refractivity contribution >= 4 is 10.0 Å². The molecule has 2 heterocycles. The summed E-state index contributed by atoms with van der Waals surface area (Å²) in [4.78, 5) is 11.7. The summed E-state index contributed by atoms with van der Waals surface area (Å²) >= 11 is 0. The molecule has 27 heavy (non-hydrogen) atoms. The van der Waals surface area contributed by atoms with Gasteiger partial charge >= 0.3 is 0 Å². The van der Waals surface area contributed by atoms with Crippen LogP contribution in [0.3, 0.4) is 0 Å². The first-order valence-corrected chi connectivity index (χ1v) is 9.34. The van der Waals surface area contributed by atoms with E-state index in [1.807, 2.05) is 0 Å². The summed E-state index contributed by atoms with van der Waals surface area (Å²) in [6, 6.07) is 9.53. The van der Waals surface area contributed by atoms with Gasteiger partial charge in [-0.2, -0.15) is 5.10 Å². The molecule has 10 heteroatoms. The molecule has 0 amide bonds. The summed E-state index contributed by atoms with van der Waals surface area (Å²) in [7, 11) is -2.67. The third-order valence-corrected chi connectivity index (χ3v) is 5.15. The molecular weight excluding hydrogens is 377 g/mol. The molecule has 0 spiro atoms. The number of nitrogens with zero attached hydrogens (tertiary/aromatic N) is 2. The van der Waals surface area contributed by atoms with Gasteiger partial charge in [0.15, 0.2) is 17.3 Å². The molecule has 0 bridgehead atoms. The Morgan fingerprint density at radius 3 is 2.74 bits per heavy atom. The third kappa shape index (κ3) is 4.23. The summed E-state index contributed by atoms with van der Waals surface area (Å²) in [5.74, 6) is -0.359. The van der Waals surface area contributed by atoms with Crippen LogP contribution in [0.25, 0.3) is 11.5 Å². The number of hydrogen-bond donors (Lipinski definition) is 1. The topological polar surface area (TPSA) is 103 Å². The smallest absolute Gasteiger partial charge is 0.266 e. The van der Waals surface area contributed by atoms with Crippen molar-refractivity contribution in [3.05, 3.63) is 64.9 Å². The number of hydrogen-bond acceptors (Lipinski definition) is 6. The van der Waals surface area contributed by atoms with E-state index >= 15 is 0 Å². The SMILES string of the molecule is COc1ccc(S(=O)(=O)NCCn2nc(-c3ccco3)ccc2=O)cc1F. The van der Waals surface area contributed by atoms with Crippen molar-refractivity contribution in [2.75, 3.05) is 13.7 Å². The van der Waals surface area contributed by atoms with Gasteiger partial charge in [0.1, 0.15) is 5.69 Å². The Labute approximate surface area is 154 Å². The zero-order chi connectivity index (χ0) is 19.4. The highest BCUT2D eigenvalue weighted by molar-refractivity contribution is 7.89. The van der Waals surface area contributed by atoms with Crippen molar-refractivity contribution < 1.29 is 22.0 Å². The number of methoxy groups -OCH3 is 1. The van der Waals surface area contributed by atoms with Gasteiger partial charge in [-0.15, -0.1) is 0 Å². The average molecular weight is 393 g/mol. The molecule has 1 N–H and O–H groups in total. The molecule has 0 atom stereocenters. The second-order valence-corrected chi connectivity index (χ2v) is 7.22. The fourth-order valence-corrected chi connectivity index (χ4v) is 3.38. The second kappa shape index (κ2) is 7.72. The van der Waals surface area contributed by atoms with Crippen LogP contribution in [0.5, 0.6) is 5.75 Å². The number of aromatic nitrogens is 2. The molecule has 0 radical (unpaired) electrons. The molecule has 0 saturated heterocycles. The van der Waals surface area contributed by atoms with Crippen LogP contribution < -0.4 is 15.0 Å². The van der Waals surface area contributed by atoms with Crippen molar-refractivity contribution in [3.63, 3.8) is 0 Å². The van der Waals surface area contributed by atoms with Gasteiger partial charge in [-0.05, 0) is 36.4 Å². The van der Waals surface area contributed by atoms with Crippen molar-refractivity contribution in [3.8, 4) is 17.2 Å². The molecule has 0 aliphatic carbocycles. The third-order valence-electron chi connectivity index (χ3n) is 3.69. The predicted octanol–water partition coefficient (Wildman–Crippen LogP) is 1.63. The molecule has 142 valence electrons. The number of halogens is 1. The second-order valence-electron chi connectivity index (χ2n) is 5.45. The van der Waals surface area contributed by atoms with E-state index in [1.54, 1.807) is 12.1 Å². The van der Waals surface area contributed by atoms with Crippen LogP contribution >= 0.6 is 0 Å². The monoisotopic (exact) mass is 393 g/mol. The number of nitrogens with one attached hydrogen (secondary N) is 1. The molecule has 3 aromatic rings. The number of ether oxygens (including phenoxy) is 1. The van der Waals surface area contributed by atoms with Gasteiger partial charge in [-0.3, -0.25) is 4.79 Å². The zero-order valence-electron chi connectivity index (χ0n) is 14.3. The molecule has 0 aliphatic rings. The van der Waals surface area contributed by atoms with E-state index in [0.717, 1.165) is 10.7 Å². The highest BCUT2D eigenvalue weighted by Crippen LogP contribution is 2.20. The minimum atomic E-state index is -3.95. The van der Waals surface area contributed by atoms with E-state index in [0.29, 0.717) is 11.5 Å². The summed E-state index contributed by atoms with van der Waals surface area (Å²) in [5.41, 5.74) is 0.0553. The van der Waals surface area contributed by atoms with Crippen LogP contribution in [0.1, 0.15) is 0 Å².